The Balaban J connectivity index is 1.85. The third kappa shape index (κ3) is 2.84. The highest BCUT2D eigenvalue weighted by molar-refractivity contribution is 5.67. The second kappa shape index (κ2) is 6.33. The van der Waals surface area contributed by atoms with Crippen molar-refractivity contribution in [1.82, 2.24) is 19.9 Å². The number of H-pyrrole nitrogens is 2. The van der Waals surface area contributed by atoms with Gasteiger partial charge in [-0.15, -0.1) is 0 Å². The van der Waals surface area contributed by atoms with E-state index in [9.17, 15) is 0 Å². The summed E-state index contributed by atoms with van der Waals surface area (Å²) in [5.41, 5.74) is 8.90. The van der Waals surface area contributed by atoms with Gasteiger partial charge < -0.3 is 9.97 Å². The molecule has 0 spiro atoms. The van der Waals surface area contributed by atoms with Gasteiger partial charge in [0.1, 0.15) is 0 Å². The summed E-state index contributed by atoms with van der Waals surface area (Å²) in [4.78, 5) is 16.9. The molecule has 2 aliphatic rings. The molecule has 8 bridgehead atoms. The van der Waals surface area contributed by atoms with Gasteiger partial charge in [-0.25, -0.2) is 0 Å². The minimum absolute atomic E-state index is 0.395. The van der Waals surface area contributed by atoms with Gasteiger partial charge in [-0.1, -0.05) is 27.7 Å². The fraction of sp³-hybridized carbons (Fsp3) is 0.333. The molecule has 5 rings (SSSR count). The van der Waals surface area contributed by atoms with Crippen molar-refractivity contribution in [2.75, 3.05) is 0 Å². The van der Waals surface area contributed by atoms with Gasteiger partial charge in [0.2, 0.25) is 0 Å². The first kappa shape index (κ1) is 17.2. The predicted octanol–water partition coefficient (Wildman–Crippen LogP) is 6.13. The van der Waals surface area contributed by atoms with Crippen LogP contribution in [-0.2, 0) is 0 Å². The van der Waals surface area contributed by atoms with Crippen molar-refractivity contribution in [3.63, 3.8) is 0 Å². The summed E-state index contributed by atoms with van der Waals surface area (Å²) in [7, 11) is 0. The highest BCUT2D eigenvalue weighted by Crippen LogP contribution is 2.39. The van der Waals surface area contributed by atoms with Gasteiger partial charge in [0.05, 0.1) is 0 Å². The molecule has 0 radical (unpaired) electrons. The van der Waals surface area contributed by atoms with E-state index < -0.39 is 0 Å². The number of aromatic nitrogens is 4. The molecular formula is C24H26N4. The van der Waals surface area contributed by atoms with Gasteiger partial charge in [0.25, 0.3) is 0 Å². The van der Waals surface area contributed by atoms with Crippen LogP contribution in [0.5, 0.6) is 0 Å². The van der Waals surface area contributed by atoms with Crippen LogP contribution in [0.2, 0.25) is 0 Å². The molecule has 142 valence electrons. The minimum atomic E-state index is 0.395. The van der Waals surface area contributed by atoms with Crippen molar-refractivity contribution >= 4 is 22.1 Å². The largest absolute Gasteiger partial charge is 0.355 e. The van der Waals surface area contributed by atoms with Crippen LogP contribution < -0.4 is 0 Å². The average Bonchev–Trinajstić information content (AvgIpc) is 3.41. The van der Waals surface area contributed by atoms with E-state index in [2.05, 4.69) is 86.2 Å². The monoisotopic (exact) mass is 370 g/mol. The van der Waals surface area contributed by atoms with Crippen molar-refractivity contribution in [1.29, 1.82) is 0 Å². The molecule has 0 aliphatic carbocycles. The Morgan fingerprint density at radius 3 is 1.21 bits per heavy atom. The van der Waals surface area contributed by atoms with Crippen LogP contribution >= 0.6 is 0 Å². The van der Waals surface area contributed by atoms with Gasteiger partial charge in [-0.05, 0) is 48.5 Å². The van der Waals surface area contributed by atoms with Crippen molar-refractivity contribution in [2.24, 2.45) is 0 Å². The maximum absolute atomic E-state index is 4.99. The number of nitrogens with zero attached hydrogens (tertiary/aromatic N) is 2. The summed E-state index contributed by atoms with van der Waals surface area (Å²) >= 11 is 0. The fourth-order valence-corrected chi connectivity index (χ4v) is 4.22. The summed E-state index contributed by atoms with van der Waals surface area (Å²) in [5, 5.41) is 0. The molecule has 0 saturated heterocycles. The van der Waals surface area contributed by atoms with Gasteiger partial charge in [0, 0.05) is 68.5 Å². The van der Waals surface area contributed by atoms with E-state index >= 15 is 0 Å². The quantitative estimate of drug-likeness (QED) is 0.500. The molecule has 3 aromatic heterocycles. The topological polar surface area (TPSA) is 57.4 Å². The number of hydrogen-bond donors (Lipinski definition) is 2. The Hall–Kier alpha value is -2.88. The summed E-state index contributed by atoms with van der Waals surface area (Å²) in [6, 6.07) is 17.2. The molecule has 0 aromatic carbocycles. The maximum Gasteiger partial charge on any atom is 0.0462 e. The Bertz CT molecular complexity index is 1110. The van der Waals surface area contributed by atoms with E-state index in [1.54, 1.807) is 0 Å². The lowest BCUT2D eigenvalue weighted by Crippen LogP contribution is -1.98. The number of fused-ring (bicyclic) bond motifs is 8. The maximum atomic E-state index is 4.99. The van der Waals surface area contributed by atoms with Crippen LogP contribution in [0.1, 0.15) is 74.1 Å². The van der Waals surface area contributed by atoms with E-state index in [1.165, 1.54) is 0 Å². The number of nitrogens with one attached hydrogen (secondary N) is 2. The van der Waals surface area contributed by atoms with Crippen molar-refractivity contribution in [2.45, 2.75) is 51.4 Å². The molecular weight excluding hydrogens is 344 g/mol. The highest BCUT2D eigenvalue weighted by Gasteiger charge is 2.28. The molecule has 3 aromatic rings. The summed E-state index contributed by atoms with van der Waals surface area (Å²) in [6.07, 6.45) is 0. The van der Waals surface area contributed by atoms with Crippen molar-refractivity contribution < 1.29 is 0 Å². The van der Waals surface area contributed by atoms with Gasteiger partial charge in [0.15, 0.2) is 0 Å². The molecule has 0 fully saturated rings. The first-order chi connectivity index (χ1) is 13.5. The summed E-state index contributed by atoms with van der Waals surface area (Å²) in [6.45, 7) is 9.06. The van der Waals surface area contributed by atoms with Crippen LogP contribution in [0.15, 0.2) is 48.5 Å². The zero-order valence-electron chi connectivity index (χ0n) is 16.8. The molecule has 0 saturated carbocycles. The zero-order valence-corrected chi connectivity index (χ0v) is 16.8. The number of hydrogen-bond acceptors (Lipinski definition) is 2. The lowest BCUT2D eigenvalue weighted by molar-refractivity contribution is 0.642. The first-order valence-corrected chi connectivity index (χ1v) is 10.2. The van der Waals surface area contributed by atoms with E-state index in [4.69, 9.17) is 9.97 Å². The van der Waals surface area contributed by atoms with Gasteiger partial charge >= 0.3 is 0 Å². The summed E-state index contributed by atoms with van der Waals surface area (Å²) < 4.78 is 0. The molecule has 4 nitrogen and oxygen atoms in total. The SMILES string of the molecule is CC1c2cc3nc(cc4ccc(cc5ccc(cc(n2)C1C)[nH]5)[nH]4)C(C)C3C. The van der Waals surface area contributed by atoms with Crippen molar-refractivity contribution in [3.05, 3.63) is 71.3 Å². The van der Waals surface area contributed by atoms with Gasteiger partial charge in [-0.2, -0.15) is 0 Å². The molecule has 5 heterocycles. The Labute approximate surface area is 165 Å². The normalized spacial score (nSPS) is 24.4. The lowest BCUT2D eigenvalue weighted by Gasteiger charge is -2.11. The van der Waals surface area contributed by atoms with Crippen LogP contribution in [0.3, 0.4) is 0 Å². The Morgan fingerprint density at radius 1 is 0.500 bits per heavy atom. The van der Waals surface area contributed by atoms with Gasteiger partial charge in [-0.3, -0.25) is 9.97 Å². The van der Waals surface area contributed by atoms with E-state index in [-0.39, 0.29) is 0 Å². The summed E-state index contributed by atoms with van der Waals surface area (Å²) in [5.74, 6) is 1.58. The molecule has 2 N–H and O–H groups in total. The second-order valence-corrected chi connectivity index (χ2v) is 8.39. The average molecular weight is 371 g/mol. The third-order valence-electron chi connectivity index (χ3n) is 6.56. The highest BCUT2D eigenvalue weighted by atomic mass is 14.8. The predicted molar refractivity (Wildman–Crippen MR) is 115 cm³/mol. The number of rotatable bonds is 0. The van der Waals surface area contributed by atoms with E-state index in [1.807, 2.05) is 0 Å². The Morgan fingerprint density at radius 2 is 0.821 bits per heavy atom. The number of aromatic amines is 2. The lowest BCUT2D eigenvalue weighted by atomic mass is 9.90. The fourth-order valence-electron chi connectivity index (χ4n) is 4.22. The zero-order chi connectivity index (χ0) is 19.4. The van der Waals surface area contributed by atoms with Crippen LogP contribution in [-0.4, -0.2) is 19.9 Å². The van der Waals surface area contributed by atoms with Crippen LogP contribution in [0.4, 0.5) is 0 Å². The Kier molecular flexibility index (Phi) is 3.90. The molecule has 28 heavy (non-hydrogen) atoms. The smallest absolute Gasteiger partial charge is 0.0462 e. The first-order valence-electron chi connectivity index (χ1n) is 10.2. The molecule has 4 atom stereocenters. The van der Waals surface area contributed by atoms with E-state index in [0.717, 1.165) is 44.8 Å². The van der Waals surface area contributed by atoms with Crippen molar-refractivity contribution in [3.8, 4) is 0 Å². The molecule has 0 amide bonds. The molecule has 2 aliphatic heterocycles. The van der Waals surface area contributed by atoms with Crippen LogP contribution in [0, 0.1) is 0 Å². The van der Waals surface area contributed by atoms with E-state index in [0.29, 0.717) is 23.7 Å². The standard InChI is InChI=1S/C24H26N4/c1-13-15(3)23-12-24-16(4)14(2)22(28-24)11-20-8-6-18(26-20)9-17-5-7-19(25-17)10-21(13)27-23/h5-16,25-26H,1-4H3. The molecule has 4 heteroatoms. The second-order valence-electron chi connectivity index (χ2n) is 8.39. The third-order valence-corrected chi connectivity index (χ3v) is 6.56. The minimum Gasteiger partial charge on any atom is -0.355 e. The molecule has 4 unspecified atom stereocenters. The van der Waals surface area contributed by atoms with Crippen LogP contribution in [0.25, 0.3) is 22.1 Å².